The van der Waals surface area contributed by atoms with Crippen LogP contribution in [-0.4, -0.2) is 36.6 Å². The molecular formula is C15H21ClN2. The Bertz CT molecular complexity index is 446. The van der Waals surface area contributed by atoms with Crippen molar-refractivity contribution < 1.29 is 0 Å². The van der Waals surface area contributed by atoms with E-state index >= 15 is 0 Å². The second kappa shape index (κ2) is 4.75. The molecule has 2 fully saturated rings. The average molecular weight is 265 g/mol. The molecule has 0 aromatic heterocycles. The average Bonchev–Trinajstić information content (AvgIpc) is 2.75. The topological polar surface area (TPSA) is 6.48 Å². The van der Waals surface area contributed by atoms with Gasteiger partial charge in [-0.15, -0.1) is 0 Å². The lowest BCUT2D eigenvalue weighted by Crippen LogP contribution is -2.55. The summed E-state index contributed by atoms with van der Waals surface area (Å²) in [7, 11) is 0. The van der Waals surface area contributed by atoms with Crippen molar-refractivity contribution in [2.45, 2.75) is 38.8 Å². The third-order valence-corrected chi connectivity index (χ3v) is 4.65. The first-order chi connectivity index (χ1) is 8.65. The fraction of sp³-hybridized carbons (Fsp3) is 0.600. The van der Waals surface area contributed by atoms with Gasteiger partial charge in [-0.1, -0.05) is 17.7 Å². The zero-order valence-corrected chi connectivity index (χ0v) is 12.0. The first kappa shape index (κ1) is 12.3. The van der Waals surface area contributed by atoms with Crippen LogP contribution in [0.4, 0.5) is 5.69 Å². The maximum absolute atomic E-state index is 6.42. The molecule has 2 heterocycles. The number of aryl methyl sites for hydroxylation is 1. The summed E-state index contributed by atoms with van der Waals surface area (Å²) in [5, 5.41) is 0.897. The van der Waals surface area contributed by atoms with Crippen LogP contribution in [0.3, 0.4) is 0 Å². The third-order valence-electron chi connectivity index (χ3n) is 4.35. The van der Waals surface area contributed by atoms with E-state index in [1.54, 1.807) is 0 Å². The van der Waals surface area contributed by atoms with Crippen LogP contribution >= 0.6 is 11.6 Å². The van der Waals surface area contributed by atoms with E-state index in [0.717, 1.165) is 17.6 Å². The molecule has 0 aliphatic carbocycles. The van der Waals surface area contributed by atoms with Gasteiger partial charge in [0, 0.05) is 25.2 Å². The fourth-order valence-electron chi connectivity index (χ4n) is 3.37. The highest BCUT2D eigenvalue weighted by molar-refractivity contribution is 6.33. The Morgan fingerprint density at radius 1 is 1.28 bits per heavy atom. The van der Waals surface area contributed by atoms with E-state index in [4.69, 9.17) is 11.6 Å². The van der Waals surface area contributed by atoms with Crippen LogP contribution in [0.2, 0.25) is 5.02 Å². The highest BCUT2D eigenvalue weighted by atomic mass is 35.5. The van der Waals surface area contributed by atoms with Gasteiger partial charge in [0.05, 0.1) is 10.7 Å². The molecule has 98 valence electrons. The molecule has 2 aliphatic heterocycles. The van der Waals surface area contributed by atoms with Crippen molar-refractivity contribution in [1.29, 1.82) is 0 Å². The summed E-state index contributed by atoms with van der Waals surface area (Å²) in [5.41, 5.74) is 2.44. The molecule has 2 nitrogen and oxygen atoms in total. The number of anilines is 1. The second-order valence-corrected chi connectivity index (χ2v) is 6.15. The van der Waals surface area contributed by atoms with Crippen molar-refractivity contribution in [3.05, 3.63) is 28.8 Å². The first-order valence-electron chi connectivity index (χ1n) is 6.92. The number of nitrogens with zero attached hydrogens (tertiary/aromatic N) is 2. The number of rotatable bonds is 1. The largest absolute Gasteiger partial charge is 0.365 e. The van der Waals surface area contributed by atoms with Gasteiger partial charge in [0.15, 0.2) is 0 Å². The summed E-state index contributed by atoms with van der Waals surface area (Å²) in [6.07, 6.45) is 2.69. The monoisotopic (exact) mass is 264 g/mol. The zero-order chi connectivity index (χ0) is 12.7. The lowest BCUT2D eigenvalue weighted by atomic mass is 10.1. The molecule has 3 heteroatoms. The number of hydrogen-bond acceptors (Lipinski definition) is 2. The summed E-state index contributed by atoms with van der Waals surface area (Å²) < 4.78 is 0. The first-order valence-corrected chi connectivity index (χ1v) is 7.30. The van der Waals surface area contributed by atoms with Gasteiger partial charge in [0.2, 0.25) is 0 Å². The number of hydrogen-bond donors (Lipinski definition) is 0. The Kier molecular flexibility index (Phi) is 3.25. The smallest absolute Gasteiger partial charge is 0.0642 e. The fourth-order valence-corrected chi connectivity index (χ4v) is 3.71. The molecule has 2 saturated heterocycles. The standard InChI is InChI=1S/C15H21ClN2/c1-11-5-6-15(14(16)8-11)18-10-13-4-3-7-17(13)9-12(18)2/h5-6,8,12-13H,3-4,7,9-10H2,1-2H3. The lowest BCUT2D eigenvalue weighted by molar-refractivity contribution is 0.203. The van der Waals surface area contributed by atoms with Crippen molar-refractivity contribution >= 4 is 17.3 Å². The summed E-state index contributed by atoms with van der Waals surface area (Å²) in [6.45, 7) is 7.99. The minimum absolute atomic E-state index is 0.555. The normalized spacial score (nSPS) is 28.5. The van der Waals surface area contributed by atoms with Crippen LogP contribution in [0.25, 0.3) is 0 Å². The molecule has 0 radical (unpaired) electrons. The Hall–Kier alpha value is -0.730. The molecule has 1 aromatic rings. The van der Waals surface area contributed by atoms with Crippen molar-refractivity contribution in [1.82, 2.24) is 4.90 Å². The second-order valence-electron chi connectivity index (χ2n) is 5.75. The molecule has 3 rings (SSSR count). The van der Waals surface area contributed by atoms with E-state index in [0.29, 0.717) is 6.04 Å². The van der Waals surface area contributed by atoms with E-state index in [9.17, 15) is 0 Å². The van der Waals surface area contributed by atoms with Gasteiger partial charge in [-0.3, -0.25) is 4.90 Å². The van der Waals surface area contributed by atoms with E-state index in [1.807, 2.05) is 0 Å². The predicted octanol–water partition coefficient (Wildman–Crippen LogP) is 3.32. The highest BCUT2D eigenvalue weighted by Crippen LogP contribution is 2.33. The molecule has 0 saturated carbocycles. The van der Waals surface area contributed by atoms with Crippen molar-refractivity contribution in [2.75, 3.05) is 24.5 Å². The molecule has 2 unspecified atom stereocenters. The highest BCUT2D eigenvalue weighted by Gasteiger charge is 2.34. The Balaban J connectivity index is 1.86. The van der Waals surface area contributed by atoms with Crippen LogP contribution in [-0.2, 0) is 0 Å². The van der Waals surface area contributed by atoms with Crippen LogP contribution in [0.5, 0.6) is 0 Å². The summed E-state index contributed by atoms with van der Waals surface area (Å²) in [5.74, 6) is 0. The third kappa shape index (κ3) is 2.12. The van der Waals surface area contributed by atoms with Gasteiger partial charge in [0.25, 0.3) is 0 Å². The lowest BCUT2D eigenvalue weighted by Gasteiger charge is -2.44. The van der Waals surface area contributed by atoms with Crippen LogP contribution < -0.4 is 4.90 Å². The van der Waals surface area contributed by atoms with Gasteiger partial charge in [-0.05, 0) is 50.9 Å². The van der Waals surface area contributed by atoms with Gasteiger partial charge in [-0.2, -0.15) is 0 Å². The van der Waals surface area contributed by atoms with Gasteiger partial charge >= 0.3 is 0 Å². The van der Waals surface area contributed by atoms with Gasteiger partial charge in [0.1, 0.15) is 0 Å². The summed E-state index contributed by atoms with van der Waals surface area (Å²) >= 11 is 6.42. The molecule has 0 N–H and O–H groups in total. The quantitative estimate of drug-likeness (QED) is 0.768. The van der Waals surface area contributed by atoms with Gasteiger partial charge in [-0.25, -0.2) is 0 Å². The molecule has 2 aliphatic rings. The molecule has 0 spiro atoms. The predicted molar refractivity (Wildman–Crippen MR) is 77.6 cm³/mol. The number of halogens is 1. The minimum Gasteiger partial charge on any atom is -0.365 e. The number of piperazine rings is 1. The van der Waals surface area contributed by atoms with E-state index in [2.05, 4.69) is 41.8 Å². The Labute approximate surface area is 115 Å². The Morgan fingerprint density at radius 2 is 2.11 bits per heavy atom. The molecule has 0 amide bonds. The number of benzene rings is 1. The van der Waals surface area contributed by atoms with Crippen molar-refractivity contribution in [3.63, 3.8) is 0 Å². The molecule has 0 bridgehead atoms. The molecular weight excluding hydrogens is 244 g/mol. The summed E-state index contributed by atoms with van der Waals surface area (Å²) in [4.78, 5) is 5.14. The van der Waals surface area contributed by atoms with E-state index < -0.39 is 0 Å². The van der Waals surface area contributed by atoms with Crippen LogP contribution in [0.15, 0.2) is 18.2 Å². The Morgan fingerprint density at radius 3 is 2.89 bits per heavy atom. The SMILES string of the molecule is Cc1ccc(N2CC3CCCN3CC2C)c(Cl)c1. The van der Waals surface area contributed by atoms with Crippen molar-refractivity contribution in [3.8, 4) is 0 Å². The van der Waals surface area contributed by atoms with Crippen LogP contribution in [0.1, 0.15) is 25.3 Å². The summed E-state index contributed by atoms with van der Waals surface area (Å²) in [6, 6.07) is 7.70. The number of fused-ring (bicyclic) bond motifs is 1. The molecule has 1 aromatic carbocycles. The van der Waals surface area contributed by atoms with Crippen molar-refractivity contribution in [2.24, 2.45) is 0 Å². The maximum atomic E-state index is 6.42. The van der Waals surface area contributed by atoms with E-state index in [-0.39, 0.29) is 0 Å². The molecule has 2 atom stereocenters. The van der Waals surface area contributed by atoms with E-state index in [1.165, 1.54) is 37.2 Å². The molecule has 18 heavy (non-hydrogen) atoms. The minimum atomic E-state index is 0.555. The van der Waals surface area contributed by atoms with Crippen LogP contribution in [0, 0.1) is 6.92 Å². The van der Waals surface area contributed by atoms with Gasteiger partial charge < -0.3 is 4.90 Å². The zero-order valence-electron chi connectivity index (χ0n) is 11.2. The maximum Gasteiger partial charge on any atom is 0.0642 e.